The van der Waals surface area contributed by atoms with Crippen LogP contribution in [0, 0.1) is 21.4 Å². The molecule has 110 valence electrons. The van der Waals surface area contributed by atoms with Gasteiger partial charge in [-0.15, -0.1) is 0 Å². The summed E-state index contributed by atoms with van der Waals surface area (Å²) in [6, 6.07) is 6.93. The van der Waals surface area contributed by atoms with Crippen molar-refractivity contribution in [2.75, 3.05) is 13.1 Å². The van der Waals surface area contributed by atoms with Crippen LogP contribution in [-0.2, 0) is 4.79 Å². The summed E-state index contributed by atoms with van der Waals surface area (Å²) in [5, 5.41) is 32.0. The van der Waals surface area contributed by atoms with Gasteiger partial charge in [0.2, 0.25) is 5.91 Å². The second kappa shape index (κ2) is 7.44. The Morgan fingerprint density at radius 2 is 1.95 bits per heavy atom. The van der Waals surface area contributed by atoms with Crippen LogP contribution >= 0.6 is 0 Å². The van der Waals surface area contributed by atoms with Gasteiger partial charge in [0.15, 0.2) is 0 Å². The van der Waals surface area contributed by atoms with Gasteiger partial charge in [0, 0.05) is 18.7 Å². The molecule has 1 aromatic carbocycles. The molecule has 1 rings (SSSR count). The predicted octanol–water partition coefficient (Wildman–Crippen LogP) is 0.586. The van der Waals surface area contributed by atoms with Gasteiger partial charge in [-0.1, -0.05) is 12.1 Å². The van der Waals surface area contributed by atoms with Crippen LogP contribution in [0.15, 0.2) is 24.3 Å². The Balaban J connectivity index is 2.93. The van der Waals surface area contributed by atoms with Crippen molar-refractivity contribution in [2.45, 2.75) is 5.92 Å². The first kappa shape index (κ1) is 15.9. The quantitative estimate of drug-likeness (QED) is 0.397. The molecule has 0 radical (unpaired) electrons. The number of nitriles is 1. The molecule has 0 aliphatic heterocycles. The van der Waals surface area contributed by atoms with Crippen molar-refractivity contribution in [3.05, 3.63) is 39.9 Å². The highest BCUT2D eigenvalue weighted by Gasteiger charge is 2.21. The fourth-order valence-electron chi connectivity index (χ4n) is 1.63. The summed E-state index contributed by atoms with van der Waals surface area (Å²) in [7, 11) is 0. The number of amides is 2. The highest BCUT2D eigenvalue weighted by atomic mass is 16.6. The van der Waals surface area contributed by atoms with E-state index in [1.807, 2.05) is 0 Å². The molecule has 0 aliphatic rings. The van der Waals surface area contributed by atoms with Crippen LogP contribution in [0.2, 0.25) is 0 Å². The maximum absolute atomic E-state index is 11.9. The van der Waals surface area contributed by atoms with Crippen LogP contribution in [0.3, 0.4) is 0 Å². The van der Waals surface area contributed by atoms with E-state index in [-0.39, 0.29) is 18.8 Å². The van der Waals surface area contributed by atoms with E-state index in [1.165, 1.54) is 24.3 Å². The molecule has 0 bridgehead atoms. The molecule has 1 unspecified atom stereocenters. The van der Waals surface area contributed by atoms with E-state index in [0.29, 0.717) is 5.56 Å². The SMILES string of the molecule is N#CCNC(=O)C(CNC(=O)O)c1ccc([N+](=O)[O-])cc1. The van der Waals surface area contributed by atoms with Gasteiger partial charge in [0.1, 0.15) is 6.54 Å². The van der Waals surface area contributed by atoms with E-state index < -0.39 is 22.8 Å². The lowest BCUT2D eigenvalue weighted by atomic mass is 9.97. The number of nitro benzene ring substituents is 1. The van der Waals surface area contributed by atoms with Gasteiger partial charge in [0.05, 0.1) is 16.9 Å². The fourth-order valence-corrected chi connectivity index (χ4v) is 1.63. The summed E-state index contributed by atoms with van der Waals surface area (Å²) in [6.45, 7) is -0.417. The van der Waals surface area contributed by atoms with Crippen LogP contribution in [0.5, 0.6) is 0 Å². The summed E-state index contributed by atoms with van der Waals surface area (Å²) >= 11 is 0. The molecular formula is C12H12N4O5. The normalized spacial score (nSPS) is 11.0. The lowest BCUT2D eigenvalue weighted by molar-refractivity contribution is -0.384. The van der Waals surface area contributed by atoms with Crippen LogP contribution in [0.1, 0.15) is 11.5 Å². The number of carbonyl (C=O) groups excluding carboxylic acids is 1. The Hall–Kier alpha value is -3.15. The first-order valence-corrected chi connectivity index (χ1v) is 5.81. The van der Waals surface area contributed by atoms with Crippen molar-refractivity contribution in [3.8, 4) is 6.07 Å². The van der Waals surface area contributed by atoms with Gasteiger partial charge in [-0.05, 0) is 5.56 Å². The molecule has 0 aromatic heterocycles. The van der Waals surface area contributed by atoms with Gasteiger partial charge < -0.3 is 15.7 Å². The molecular weight excluding hydrogens is 280 g/mol. The van der Waals surface area contributed by atoms with Crippen molar-refractivity contribution >= 4 is 17.7 Å². The Morgan fingerprint density at radius 1 is 1.33 bits per heavy atom. The number of rotatable bonds is 6. The van der Waals surface area contributed by atoms with Crippen LogP contribution < -0.4 is 10.6 Å². The molecule has 0 spiro atoms. The standard InChI is InChI=1S/C12H12N4O5/c13-5-6-14-11(17)10(7-15-12(18)19)8-1-3-9(4-2-8)16(20)21/h1-4,10,15H,6-7H2,(H,14,17)(H,18,19). The van der Waals surface area contributed by atoms with Gasteiger partial charge >= 0.3 is 6.09 Å². The molecule has 0 fully saturated rings. The van der Waals surface area contributed by atoms with Gasteiger partial charge in [-0.2, -0.15) is 5.26 Å². The topological polar surface area (TPSA) is 145 Å². The van der Waals surface area contributed by atoms with Crippen molar-refractivity contribution < 1.29 is 19.6 Å². The van der Waals surface area contributed by atoms with E-state index in [2.05, 4.69) is 10.6 Å². The lowest BCUT2D eigenvalue weighted by Crippen LogP contribution is -2.37. The lowest BCUT2D eigenvalue weighted by Gasteiger charge is -2.16. The van der Waals surface area contributed by atoms with E-state index in [4.69, 9.17) is 10.4 Å². The monoisotopic (exact) mass is 292 g/mol. The fraction of sp³-hybridized carbons (Fsp3) is 0.250. The van der Waals surface area contributed by atoms with Crippen molar-refractivity contribution in [1.82, 2.24) is 10.6 Å². The van der Waals surface area contributed by atoms with E-state index in [0.717, 1.165) is 0 Å². The molecule has 9 nitrogen and oxygen atoms in total. The summed E-state index contributed by atoms with van der Waals surface area (Å²) in [5.41, 5.74) is 0.269. The molecule has 0 saturated carbocycles. The zero-order chi connectivity index (χ0) is 15.8. The zero-order valence-corrected chi connectivity index (χ0v) is 10.8. The minimum Gasteiger partial charge on any atom is -0.465 e. The largest absolute Gasteiger partial charge is 0.465 e. The van der Waals surface area contributed by atoms with Crippen LogP contribution in [0.25, 0.3) is 0 Å². The summed E-state index contributed by atoms with van der Waals surface area (Å²) < 4.78 is 0. The number of nitro groups is 1. The Morgan fingerprint density at radius 3 is 2.43 bits per heavy atom. The number of non-ortho nitro benzene ring substituents is 1. The highest BCUT2D eigenvalue weighted by molar-refractivity contribution is 5.84. The Kier molecular flexibility index (Phi) is 5.64. The van der Waals surface area contributed by atoms with Crippen LogP contribution in [-0.4, -0.2) is 35.1 Å². The molecule has 0 aliphatic carbocycles. The number of carboxylic acid groups (broad SMARTS) is 1. The first-order chi connectivity index (χ1) is 9.95. The van der Waals surface area contributed by atoms with E-state index in [1.54, 1.807) is 6.07 Å². The van der Waals surface area contributed by atoms with Crippen molar-refractivity contribution in [3.63, 3.8) is 0 Å². The molecule has 0 saturated heterocycles. The molecule has 3 N–H and O–H groups in total. The van der Waals surface area contributed by atoms with Crippen LogP contribution in [0.4, 0.5) is 10.5 Å². The number of benzene rings is 1. The number of nitrogens with one attached hydrogen (secondary N) is 2. The molecule has 2 amide bonds. The third-order valence-electron chi connectivity index (χ3n) is 2.62. The molecule has 1 aromatic rings. The van der Waals surface area contributed by atoms with Gasteiger partial charge in [-0.3, -0.25) is 14.9 Å². The molecule has 21 heavy (non-hydrogen) atoms. The Labute approximate surface area is 119 Å². The van der Waals surface area contributed by atoms with Crippen molar-refractivity contribution in [2.24, 2.45) is 0 Å². The van der Waals surface area contributed by atoms with E-state index >= 15 is 0 Å². The van der Waals surface area contributed by atoms with Gasteiger partial charge in [0.25, 0.3) is 5.69 Å². The molecule has 1 atom stereocenters. The summed E-state index contributed by atoms with van der Waals surface area (Å²) in [6.07, 6.45) is -1.30. The number of hydrogen-bond acceptors (Lipinski definition) is 5. The molecule has 9 heteroatoms. The maximum atomic E-state index is 11.9. The average Bonchev–Trinajstić information content (AvgIpc) is 2.45. The zero-order valence-electron chi connectivity index (χ0n) is 10.8. The smallest absolute Gasteiger partial charge is 0.404 e. The summed E-state index contributed by atoms with van der Waals surface area (Å²) in [5.74, 6) is -1.42. The number of carbonyl (C=O) groups is 2. The first-order valence-electron chi connectivity index (χ1n) is 5.81. The summed E-state index contributed by atoms with van der Waals surface area (Å²) in [4.78, 5) is 32.4. The predicted molar refractivity (Wildman–Crippen MR) is 70.5 cm³/mol. The molecule has 0 heterocycles. The van der Waals surface area contributed by atoms with Crippen molar-refractivity contribution in [1.29, 1.82) is 5.26 Å². The Bertz CT molecular complexity index is 578. The second-order valence-electron chi connectivity index (χ2n) is 3.96. The number of nitrogens with zero attached hydrogens (tertiary/aromatic N) is 2. The second-order valence-corrected chi connectivity index (χ2v) is 3.96. The number of hydrogen-bond donors (Lipinski definition) is 3. The maximum Gasteiger partial charge on any atom is 0.404 e. The highest BCUT2D eigenvalue weighted by Crippen LogP contribution is 2.19. The van der Waals surface area contributed by atoms with Gasteiger partial charge in [-0.25, -0.2) is 4.79 Å². The van der Waals surface area contributed by atoms with E-state index in [9.17, 15) is 19.7 Å². The minimum atomic E-state index is -1.30. The average molecular weight is 292 g/mol. The minimum absolute atomic E-state index is 0.138. The third kappa shape index (κ3) is 4.79. The third-order valence-corrected chi connectivity index (χ3v) is 2.62.